The van der Waals surface area contributed by atoms with Crippen LogP contribution in [0.5, 0.6) is 0 Å². The molecule has 1 saturated carbocycles. The summed E-state index contributed by atoms with van der Waals surface area (Å²) in [6.45, 7) is 0. The van der Waals surface area contributed by atoms with Crippen molar-refractivity contribution in [3.8, 4) is 11.5 Å². The molecule has 0 amide bonds. The van der Waals surface area contributed by atoms with Crippen LogP contribution in [-0.2, 0) is 0 Å². The highest BCUT2D eigenvalue weighted by Gasteiger charge is 2.28. The van der Waals surface area contributed by atoms with Crippen LogP contribution in [0, 0.1) is 0 Å². The average Bonchev–Trinajstić information content (AvgIpc) is 2.98. The van der Waals surface area contributed by atoms with E-state index in [1.54, 1.807) is 0 Å². The van der Waals surface area contributed by atoms with E-state index in [9.17, 15) is 0 Å². The highest BCUT2D eigenvalue weighted by atomic mass is 16.5. The number of nitrogens with zero attached hydrogens (tertiary/aromatic N) is 2. The van der Waals surface area contributed by atoms with E-state index in [0.717, 1.165) is 11.4 Å². The van der Waals surface area contributed by atoms with Crippen molar-refractivity contribution in [1.82, 2.24) is 10.1 Å². The summed E-state index contributed by atoms with van der Waals surface area (Å²) in [5, 5.41) is 3.97. The second-order valence-electron chi connectivity index (χ2n) is 3.60. The van der Waals surface area contributed by atoms with Crippen LogP contribution < -0.4 is 0 Å². The minimum Gasteiger partial charge on any atom is -0.334 e. The smallest absolute Gasteiger partial charge is 0.257 e. The molecule has 1 aromatic carbocycles. The fraction of sp³-hybridized carbons (Fsp3) is 0.273. The zero-order chi connectivity index (χ0) is 9.38. The van der Waals surface area contributed by atoms with E-state index in [1.165, 1.54) is 12.8 Å². The van der Waals surface area contributed by atoms with E-state index in [1.807, 2.05) is 30.3 Å². The molecule has 14 heavy (non-hydrogen) atoms. The summed E-state index contributed by atoms with van der Waals surface area (Å²) in [5.74, 6) is 2.05. The molecule has 1 heterocycles. The van der Waals surface area contributed by atoms with Crippen molar-refractivity contribution in [1.29, 1.82) is 0 Å². The molecule has 0 radical (unpaired) electrons. The number of aromatic nitrogens is 2. The summed E-state index contributed by atoms with van der Waals surface area (Å²) >= 11 is 0. The first kappa shape index (κ1) is 7.74. The van der Waals surface area contributed by atoms with Gasteiger partial charge < -0.3 is 4.52 Å². The second kappa shape index (κ2) is 2.94. The molecule has 0 atom stereocenters. The van der Waals surface area contributed by atoms with Crippen molar-refractivity contribution >= 4 is 0 Å². The summed E-state index contributed by atoms with van der Waals surface area (Å²) in [6, 6.07) is 9.86. The van der Waals surface area contributed by atoms with Gasteiger partial charge in [0.15, 0.2) is 5.82 Å². The van der Waals surface area contributed by atoms with Crippen LogP contribution in [0.3, 0.4) is 0 Å². The molecule has 3 heteroatoms. The zero-order valence-electron chi connectivity index (χ0n) is 7.68. The molecular weight excluding hydrogens is 176 g/mol. The van der Waals surface area contributed by atoms with E-state index < -0.39 is 0 Å². The van der Waals surface area contributed by atoms with Gasteiger partial charge in [-0.25, -0.2) is 0 Å². The summed E-state index contributed by atoms with van der Waals surface area (Å²) in [4.78, 5) is 4.36. The first-order valence-electron chi connectivity index (χ1n) is 4.82. The van der Waals surface area contributed by atoms with Gasteiger partial charge in [-0.1, -0.05) is 23.4 Å². The normalized spacial score (nSPS) is 15.7. The molecule has 0 spiro atoms. The molecule has 1 aliphatic carbocycles. The molecule has 0 bridgehead atoms. The second-order valence-corrected chi connectivity index (χ2v) is 3.60. The van der Waals surface area contributed by atoms with Crippen molar-refractivity contribution in [2.75, 3.05) is 0 Å². The fourth-order valence-corrected chi connectivity index (χ4v) is 1.44. The Hall–Kier alpha value is -1.64. The van der Waals surface area contributed by atoms with Crippen molar-refractivity contribution in [3.05, 3.63) is 36.2 Å². The average molecular weight is 186 g/mol. The van der Waals surface area contributed by atoms with Gasteiger partial charge in [0, 0.05) is 11.5 Å². The molecule has 1 aromatic heterocycles. The third-order valence-corrected chi connectivity index (χ3v) is 2.40. The van der Waals surface area contributed by atoms with E-state index in [4.69, 9.17) is 4.52 Å². The molecule has 0 N–H and O–H groups in total. The van der Waals surface area contributed by atoms with Gasteiger partial charge in [-0.15, -0.1) is 0 Å². The molecule has 0 saturated heterocycles. The summed E-state index contributed by atoms with van der Waals surface area (Å²) in [6.07, 6.45) is 2.40. The van der Waals surface area contributed by atoms with E-state index in [-0.39, 0.29) is 0 Å². The standard InChI is InChI=1S/C11H10N2O/c1-2-4-9(5-3-1)11-12-10(13-14-11)8-6-7-8/h1-5,8H,6-7H2. The lowest BCUT2D eigenvalue weighted by Crippen LogP contribution is -1.81. The van der Waals surface area contributed by atoms with Crippen LogP contribution in [0.2, 0.25) is 0 Å². The Labute approximate surface area is 81.8 Å². The van der Waals surface area contributed by atoms with Crippen LogP contribution in [0.15, 0.2) is 34.9 Å². The van der Waals surface area contributed by atoms with E-state index >= 15 is 0 Å². The predicted octanol–water partition coefficient (Wildman–Crippen LogP) is 2.61. The van der Waals surface area contributed by atoms with Crippen LogP contribution in [-0.4, -0.2) is 10.1 Å². The van der Waals surface area contributed by atoms with Crippen LogP contribution in [0.25, 0.3) is 11.5 Å². The van der Waals surface area contributed by atoms with Crippen molar-refractivity contribution in [2.45, 2.75) is 18.8 Å². The molecule has 0 aliphatic heterocycles. The van der Waals surface area contributed by atoms with Crippen molar-refractivity contribution in [3.63, 3.8) is 0 Å². The van der Waals surface area contributed by atoms with Gasteiger partial charge >= 0.3 is 0 Å². The molecule has 70 valence electrons. The van der Waals surface area contributed by atoms with Crippen LogP contribution >= 0.6 is 0 Å². The van der Waals surface area contributed by atoms with Gasteiger partial charge in [-0.2, -0.15) is 4.98 Å². The van der Waals surface area contributed by atoms with Crippen LogP contribution in [0.4, 0.5) is 0 Å². The first-order valence-corrected chi connectivity index (χ1v) is 4.82. The predicted molar refractivity (Wildman–Crippen MR) is 51.7 cm³/mol. The van der Waals surface area contributed by atoms with Gasteiger partial charge in [-0.05, 0) is 25.0 Å². The molecule has 3 rings (SSSR count). The molecule has 3 nitrogen and oxygen atoms in total. The van der Waals surface area contributed by atoms with Gasteiger partial charge in [0.05, 0.1) is 0 Å². The Balaban J connectivity index is 1.96. The topological polar surface area (TPSA) is 38.9 Å². The lowest BCUT2D eigenvalue weighted by atomic mass is 10.2. The minimum absolute atomic E-state index is 0.552. The highest BCUT2D eigenvalue weighted by Crippen LogP contribution is 2.38. The maximum Gasteiger partial charge on any atom is 0.257 e. The lowest BCUT2D eigenvalue weighted by Gasteiger charge is -1.90. The Bertz CT molecular complexity index is 432. The van der Waals surface area contributed by atoms with Crippen molar-refractivity contribution < 1.29 is 4.52 Å². The molecular formula is C11H10N2O. The number of hydrogen-bond acceptors (Lipinski definition) is 3. The zero-order valence-corrected chi connectivity index (χ0v) is 7.68. The maximum atomic E-state index is 5.19. The molecule has 1 aliphatic rings. The summed E-state index contributed by atoms with van der Waals surface area (Å²) in [7, 11) is 0. The number of hydrogen-bond donors (Lipinski definition) is 0. The minimum atomic E-state index is 0.552. The highest BCUT2D eigenvalue weighted by molar-refractivity contribution is 5.52. The van der Waals surface area contributed by atoms with Gasteiger partial charge in [0.2, 0.25) is 0 Å². The van der Waals surface area contributed by atoms with E-state index in [0.29, 0.717) is 11.8 Å². The van der Waals surface area contributed by atoms with Gasteiger partial charge in [0.1, 0.15) is 0 Å². The number of rotatable bonds is 2. The SMILES string of the molecule is c1ccc(-c2nc(C3CC3)no2)cc1. The molecule has 2 aromatic rings. The third kappa shape index (κ3) is 1.31. The summed E-state index contributed by atoms with van der Waals surface area (Å²) in [5.41, 5.74) is 0.993. The Morgan fingerprint density at radius 3 is 2.64 bits per heavy atom. The Morgan fingerprint density at radius 1 is 1.14 bits per heavy atom. The Morgan fingerprint density at radius 2 is 1.93 bits per heavy atom. The van der Waals surface area contributed by atoms with E-state index in [2.05, 4.69) is 10.1 Å². The maximum absolute atomic E-state index is 5.19. The summed E-state index contributed by atoms with van der Waals surface area (Å²) < 4.78 is 5.19. The first-order chi connectivity index (χ1) is 6.93. The largest absolute Gasteiger partial charge is 0.334 e. The quantitative estimate of drug-likeness (QED) is 0.723. The number of benzene rings is 1. The van der Waals surface area contributed by atoms with Gasteiger partial charge in [-0.3, -0.25) is 0 Å². The molecule has 0 unspecified atom stereocenters. The fourth-order valence-electron chi connectivity index (χ4n) is 1.44. The van der Waals surface area contributed by atoms with Crippen molar-refractivity contribution in [2.24, 2.45) is 0 Å². The third-order valence-electron chi connectivity index (χ3n) is 2.40. The monoisotopic (exact) mass is 186 g/mol. The Kier molecular flexibility index (Phi) is 1.63. The van der Waals surface area contributed by atoms with Gasteiger partial charge in [0.25, 0.3) is 5.89 Å². The molecule has 1 fully saturated rings. The lowest BCUT2D eigenvalue weighted by molar-refractivity contribution is 0.422. The van der Waals surface area contributed by atoms with Crippen LogP contribution in [0.1, 0.15) is 24.6 Å².